The lowest BCUT2D eigenvalue weighted by Crippen LogP contribution is -2.46. The van der Waals surface area contributed by atoms with E-state index < -0.39 is 11.9 Å². The van der Waals surface area contributed by atoms with Crippen LogP contribution < -0.4 is 4.90 Å². The number of morpholine rings is 1. The van der Waals surface area contributed by atoms with Crippen LogP contribution in [0, 0.1) is 0 Å². The van der Waals surface area contributed by atoms with Crippen molar-refractivity contribution in [1.82, 2.24) is 9.61 Å². The van der Waals surface area contributed by atoms with Crippen LogP contribution in [0.3, 0.4) is 0 Å². The van der Waals surface area contributed by atoms with Crippen LogP contribution in [0.25, 0.3) is 16.6 Å². The van der Waals surface area contributed by atoms with Gasteiger partial charge in [0.2, 0.25) is 0 Å². The first-order valence-electron chi connectivity index (χ1n) is 12.8. The number of esters is 2. The Morgan fingerprint density at radius 1 is 0.972 bits per heavy atom. The summed E-state index contributed by atoms with van der Waals surface area (Å²) in [5.74, 6) is -0.328. The lowest BCUT2D eigenvalue weighted by molar-refractivity contribution is -0.00552. The van der Waals surface area contributed by atoms with Crippen molar-refractivity contribution >= 4 is 23.3 Å². The number of hydrogen-bond donors (Lipinski definition) is 0. The maximum Gasteiger partial charge on any atom is 0.341 e. The number of nitrogens with zero attached hydrogens (tertiary/aromatic N) is 3. The minimum atomic E-state index is -0.555. The zero-order valence-corrected chi connectivity index (χ0v) is 21.7. The monoisotopic (exact) mass is 493 g/mol. The molecule has 36 heavy (non-hydrogen) atoms. The van der Waals surface area contributed by atoms with Crippen LogP contribution >= 0.6 is 0 Å². The summed E-state index contributed by atoms with van der Waals surface area (Å²) in [5, 5.41) is 5.01. The summed E-state index contributed by atoms with van der Waals surface area (Å²) in [5.41, 5.74) is 3.39. The molecule has 4 rings (SSSR count). The molecular formula is C28H35N3O5. The summed E-state index contributed by atoms with van der Waals surface area (Å²) >= 11 is 0. The second-order valence-electron chi connectivity index (χ2n) is 9.09. The molecular weight excluding hydrogens is 458 g/mol. The van der Waals surface area contributed by atoms with Gasteiger partial charge in [-0.25, -0.2) is 14.1 Å². The van der Waals surface area contributed by atoms with Crippen molar-refractivity contribution in [3.05, 3.63) is 53.2 Å². The molecule has 2 atom stereocenters. The minimum absolute atomic E-state index is 0.0522. The summed E-state index contributed by atoms with van der Waals surface area (Å²) in [6.07, 6.45) is 1.42. The van der Waals surface area contributed by atoms with E-state index in [0.29, 0.717) is 30.7 Å². The van der Waals surface area contributed by atoms with Crippen molar-refractivity contribution in [2.24, 2.45) is 0 Å². The van der Waals surface area contributed by atoms with Gasteiger partial charge in [0.25, 0.3) is 0 Å². The molecule has 0 aliphatic carbocycles. The van der Waals surface area contributed by atoms with Gasteiger partial charge in [0.1, 0.15) is 11.4 Å². The molecule has 2 unspecified atom stereocenters. The average molecular weight is 494 g/mol. The predicted molar refractivity (Wildman–Crippen MR) is 139 cm³/mol. The molecule has 192 valence electrons. The highest BCUT2D eigenvalue weighted by Gasteiger charge is 2.33. The van der Waals surface area contributed by atoms with Crippen LogP contribution in [0.2, 0.25) is 0 Å². The zero-order chi connectivity index (χ0) is 25.8. The maximum absolute atomic E-state index is 13.4. The normalized spacial score (nSPS) is 17.9. The number of fused-ring (bicyclic) bond motifs is 1. The summed E-state index contributed by atoms with van der Waals surface area (Å²) < 4.78 is 18.6. The molecule has 0 N–H and O–H groups in total. The molecule has 1 saturated heterocycles. The molecule has 1 aromatic carbocycles. The fourth-order valence-electron chi connectivity index (χ4n) is 4.95. The lowest BCUT2D eigenvalue weighted by Gasteiger charge is -2.36. The Balaban J connectivity index is 2.09. The van der Waals surface area contributed by atoms with Gasteiger partial charge in [0, 0.05) is 18.7 Å². The Morgan fingerprint density at radius 3 is 2.17 bits per heavy atom. The van der Waals surface area contributed by atoms with E-state index in [9.17, 15) is 9.59 Å². The van der Waals surface area contributed by atoms with Crippen LogP contribution in [0.5, 0.6) is 0 Å². The number of carbonyl (C=O) groups excluding carboxylic acids is 2. The predicted octanol–water partition coefficient (Wildman–Crippen LogP) is 4.92. The number of hydrogen-bond acceptors (Lipinski definition) is 7. The van der Waals surface area contributed by atoms with Gasteiger partial charge in [-0.1, -0.05) is 43.7 Å². The first-order chi connectivity index (χ1) is 17.4. The Morgan fingerprint density at radius 2 is 1.58 bits per heavy atom. The summed E-state index contributed by atoms with van der Waals surface area (Å²) in [7, 11) is 0. The lowest BCUT2D eigenvalue weighted by atomic mass is 10.0. The molecule has 0 saturated carbocycles. The fraction of sp³-hybridized carbons (Fsp3) is 0.464. The Kier molecular flexibility index (Phi) is 7.94. The van der Waals surface area contributed by atoms with Crippen LogP contribution in [-0.2, 0) is 20.6 Å². The third-order valence-corrected chi connectivity index (χ3v) is 6.25. The molecule has 2 aromatic heterocycles. The quantitative estimate of drug-likeness (QED) is 0.412. The van der Waals surface area contributed by atoms with Gasteiger partial charge < -0.3 is 19.1 Å². The molecule has 8 nitrogen and oxygen atoms in total. The first kappa shape index (κ1) is 25.7. The Bertz CT molecular complexity index is 1230. The number of anilines is 1. The maximum atomic E-state index is 13.4. The van der Waals surface area contributed by atoms with E-state index in [1.165, 1.54) is 0 Å². The summed E-state index contributed by atoms with van der Waals surface area (Å²) in [4.78, 5) is 28.8. The van der Waals surface area contributed by atoms with Crippen LogP contribution in [-0.4, -0.2) is 60.1 Å². The molecule has 1 fully saturated rings. The van der Waals surface area contributed by atoms with Gasteiger partial charge in [-0.05, 0) is 45.7 Å². The van der Waals surface area contributed by atoms with Gasteiger partial charge in [-0.15, -0.1) is 5.10 Å². The summed E-state index contributed by atoms with van der Waals surface area (Å²) in [6.45, 7) is 11.4. The van der Waals surface area contributed by atoms with E-state index in [1.54, 1.807) is 18.4 Å². The molecule has 1 aliphatic heterocycles. The second kappa shape index (κ2) is 11.1. The van der Waals surface area contributed by atoms with Crippen molar-refractivity contribution in [3.63, 3.8) is 0 Å². The minimum Gasteiger partial charge on any atom is -0.462 e. The molecule has 0 amide bonds. The highest BCUT2D eigenvalue weighted by atomic mass is 16.5. The van der Waals surface area contributed by atoms with Gasteiger partial charge in [-0.3, -0.25) is 0 Å². The smallest absolute Gasteiger partial charge is 0.341 e. The van der Waals surface area contributed by atoms with Crippen molar-refractivity contribution in [3.8, 4) is 11.1 Å². The third kappa shape index (κ3) is 4.95. The molecule has 0 bridgehead atoms. The summed E-state index contributed by atoms with van der Waals surface area (Å²) in [6, 6.07) is 11.9. The molecule has 0 spiro atoms. The number of aryl methyl sites for hydroxylation is 1. The van der Waals surface area contributed by atoms with E-state index in [-0.39, 0.29) is 36.5 Å². The van der Waals surface area contributed by atoms with Crippen molar-refractivity contribution < 1.29 is 23.8 Å². The van der Waals surface area contributed by atoms with Crippen molar-refractivity contribution in [1.29, 1.82) is 0 Å². The van der Waals surface area contributed by atoms with Crippen molar-refractivity contribution in [2.75, 3.05) is 31.2 Å². The third-order valence-electron chi connectivity index (χ3n) is 6.25. The van der Waals surface area contributed by atoms with Crippen LogP contribution in [0.4, 0.5) is 5.82 Å². The standard InChI is InChI=1S/C28H35N3O5/c1-6-12-22-24(27(32)34-7-2)25(28(33)35-8-3)26-21(20-13-10-9-11-14-20)15-23(29-31(22)26)30-16-18(4)36-19(5)17-30/h9-11,13-15,18-19H,6-8,12,16-17H2,1-5H3. The van der Waals surface area contributed by atoms with E-state index in [0.717, 1.165) is 23.4 Å². The molecule has 3 aromatic rings. The average Bonchev–Trinajstić information content (AvgIpc) is 3.18. The highest BCUT2D eigenvalue weighted by molar-refractivity contribution is 6.12. The molecule has 3 heterocycles. The van der Waals surface area contributed by atoms with Gasteiger partial charge >= 0.3 is 11.9 Å². The number of ether oxygens (including phenoxy) is 3. The van der Waals surface area contributed by atoms with Crippen LogP contribution in [0.1, 0.15) is 67.4 Å². The fourth-order valence-corrected chi connectivity index (χ4v) is 4.95. The zero-order valence-electron chi connectivity index (χ0n) is 21.7. The number of aromatic nitrogens is 2. The highest BCUT2D eigenvalue weighted by Crippen LogP contribution is 2.36. The topological polar surface area (TPSA) is 82.4 Å². The van der Waals surface area contributed by atoms with E-state index in [1.807, 2.05) is 43.3 Å². The SMILES string of the molecule is CCCc1c(C(=O)OCC)c(C(=O)OCC)c2c(-c3ccccc3)cc(N3CC(C)OC(C)C3)nn12. The van der Waals surface area contributed by atoms with E-state index in [2.05, 4.69) is 18.7 Å². The molecule has 1 aliphatic rings. The number of rotatable bonds is 8. The van der Waals surface area contributed by atoms with Crippen LogP contribution in [0.15, 0.2) is 36.4 Å². The molecule has 0 radical (unpaired) electrons. The van der Waals surface area contributed by atoms with Gasteiger partial charge in [-0.2, -0.15) is 0 Å². The second-order valence-corrected chi connectivity index (χ2v) is 9.09. The number of benzene rings is 1. The largest absolute Gasteiger partial charge is 0.462 e. The van der Waals surface area contributed by atoms with Crippen molar-refractivity contribution in [2.45, 2.75) is 59.7 Å². The first-order valence-corrected chi connectivity index (χ1v) is 12.8. The van der Waals surface area contributed by atoms with Gasteiger partial charge in [0.05, 0.1) is 42.2 Å². The van der Waals surface area contributed by atoms with E-state index in [4.69, 9.17) is 19.3 Å². The number of carbonyl (C=O) groups is 2. The Labute approximate surface area is 212 Å². The van der Waals surface area contributed by atoms with Gasteiger partial charge in [0.15, 0.2) is 0 Å². The molecule has 8 heteroatoms. The van der Waals surface area contributed by atoms with E-state index >= 15 is 0 Å². The Hall–Kier alpha value is -3.39.